The van der Waals surface area contributed by atoms with Gasteiger partial charge in [-0.1, -0.05) is 6.07 Å². The van der Waals surface area contributed by atoms with Crippen molar-refractivity contribution < 1.29 is 4.79 Å². The summed E-state index contributed by atoms with van der Waals surface area (Å²) in [7, 11) is 0. The van der Waals surface area contributed by atoms with E-state index in [-0.39, 0.29) is 5.91 Å². The number of rotatable bonds is 3. The predicted molar refractivity (Wildman–Crippen MR) is 104 cm³/mol. The molecule has 2 heterocycles. The van der Waals surface area contributed by atoms with Crippen LogP contribution in [-0.2, 0) is 0 Å². The van der Waals surface area contributed by atoms with E-state index in [0.717, 1.165) is 33.6 Å². The second kappa shape index (κ2) is 6.02. The molecule has 2 N–H and O–H groups in total. The first kappa shape index (κ1) is 15.9. The molecule has 1 aliphatic carbocycles. The minimum absolute atomic E-state index is 0.370. The van der Waals surface area contributed by atoms with Crippen LogP contribution in [0.5, 0.6) is 0 Å². The third kappa shape index (κ3) is 2.79. The summed E-state index contributed by atoms with van der Waals surface area (Å²) in [5.41, 5.74) is 9.77. The molecule has 0 bridgehead atoms. The van der Waals surface area contributed by atoms with E-state index in [0.29, 0.717) is 11.0 Å². The fourth-order valence-electron chi connectivity index (χ4n) is 3.73. The second-order valence-corrected chi connectivity index (χ2v) is 8.05. The van der Waals surface area contributed by atoms with Gasteiger partial charge in [-0.05, 0) is 78.0 Å². The number of amides is 1. The highest BCUT2D eigenvalue weighted by Crippen LogP contribution is 2.54. The van der Waals surface area contributed by atoms with Gasteiger partial charge in [-0.2, -0.15) is 0 Å². The van der Waals surface area contributed by atoms with Gasteiger partial charge >= 0.3 is 0 Å². The first-order chi connectivity index (χ1) is 11.6. The molecule has 1 aliphatic heterocycles. The highest BCUT2D eigenvalue weighted by Gasteiger charge is 2.45. The van der Waals surface area contributed by atoms with Crippen LogP contribution in [0.3, 0.4) is 0 Å². The Labute approximate surface area is 155 Å². The van der Waals surface area contributed by atoms with Gasteiger partial charge in [0.2, 0.25) is 0 Å². The Morgan fingerprint density at radius 2 is 1.88 bits per heavy atom. The highest BCUT2D eigenvalue weighted by atomic mass is 127. The van der Waals surface area contributed by atoms with Crippen molar-refractivity contribution in [3.05, 3.63) is 45.7 Å². The van der Waals surface area contributed by atoms with Crippen LogP contribution in [0, 0.1) is 8.99 Å². The number of benzene rings is 1. The molecule has 1 saturated heterocycles. The number of nitrogens with two attached hydrogens (primary N) is 1. The maximum Gasteiger partial charge on any atom is 0.250 e. The van der Waals surface area contributed by atoms with E-state index in [9.17, 15) is 4.79 Å². The highest BCUT2D eigenvalue weighted by molar-refractivity contribution is 14.1. The summed E-state index contributed by atoms with van der Waals surface area (Å²) in [6.07, 6.45) is 6.93. The molecule has 1 saturated carbocycles. The average molecular weight is 433 g/mol. The zero-order chi connectivity index (χ0) is 16.7. The summed E-state index contributed by atoms with van der Waals surface area (Å²) >= 11 is 2.33. The minimum Gasteiger partial charge on any atom is -0.370 e. The maximum absolute atomic E-state index is 12.1. The Bertz CT molecular complexity index is 777. The lowest BCUT2D eigenvalue weighted by atomic mass is 9.92. The van der Waals surface area contributed by atoms with E-state index in [4.69, 9.17) is 5.73 Å². The van der Waals surface area contributed by atoms with Gasteiger partial charge in [-0.3, -0.25) is 9.78 Å². The maximum atomic E-state index is 12.1. The van der Waals surface area contributed by atoms with Crippen molar-refractivity contribution in [3.63, 3.8) is 0 Å². The zero-order valence-corrected chi connectivity index (χ0v) is 15.6. The van der Waals surface area contributed by atoms with E-state index in [1.54, 1.807) is 6.20 Å². The van der Waals surface area contributed by atoms with E-state index in [2.05, 4.69) is 32.5 Å². The lowest BCUT2D eigenvalue weighted by Gasteiger charge is -2.36. The Kier molecular flexibility index (Phi) is 3.98. The van der Waals surface area contributed by atoms with Crippen LogP contribution < -0.4 is 10.6 Å². The van der Waals surface area contributed by atoms with Gasteiger partial charge in [-0.25, -0.2) is 0 Å². The number of piperidine rings is 1. The van der Waals surface area contributed by atoms with Crippen LogP contribution in [0.2, 0.25) is 0 Å². The molecule has 1 aromatic heterocycles. The summed E-state index contributed by atoms with van der Waals surface area (Å²) in [6.45, 7) is 1.97. The molecule has 1 aromatic carbocycles. The molecule has 2 fully saturated rings. The molecule has 2 aliphatic rings. The van der Waals surface area contributed by atoms with Crippen LogP contribution in [0.4, 0.5) is 5.69 Å². The number of pyridine rings is 1. The molecular weight excluding hydrogens is 413 g/mol. The number of hydrogen-bond donors (Lipinski definition) is 1. The van der Waals surface area contributed by atoms with Gasteiger partial charge in [0.1, 0.15) is 0 Å². The van der Waals surface area contributed by atoms with Gasteiger partial charge in [-0.15, -0.1) is 0 Å². The number of halogens is 1. The summed E-state index contributed by atoms with van der Waals surface area (Å²) < 4.78 is 1.10. The van der Waals surface area contributed by atoms with Crippen molar-refractivity contribution >= 4 is 34.2 Å². The Morgan fingerprint density at radius 3 is 2.46 bits per heavy atom. The zero-order valence-electron chi connectivity index (χ0n) is 13.5. The third-order valence-corrected chi connectivity index (χ3v) is 6.31. The first-order valence-corrected chi connectivity index (χ1v) is 9.46. The van der Waals surface area contributed by atoms with Crippen LogP contribution in [0.25, 0.3) is 11.3 Å². The topological polar surface area (TPSA) is 59.2 Å². The summed E-state index contributed by atoms with van der Waals surface area (Å²) in [6, 6.07) is 9.70. The largest absolute Gasteiger partial charge is 0.370 e. The van der Waals surface area contributed by atoms with E-state index in [1.807, 2.05) is 30.3 Å². The molecule has 124 valence electrons. The fraction of sp³-hybridized carbons (Fsp3) is 0.368. The van der Waals surface area contributed by atoms with Crippen LogP contribution in [0.1, 0.15) is 36.0 Å². The molecule has 4 nitrogen and oxygen atoms in total. The number of aromatic nitrogens is 1. The normalized spacial score (nSPS) is 18.6. The second-order valence-electron chi connectivity index (χ2n) is 6.88. The molecule has 0 unspecified atom stereocenters. The van der Waals surface area contributed by atoms with Gasteiger partial charge < -0.3 is 10.6 Å². The van der Waals surface area contributed by atoms with E-state index >= 15 is 0 Å². The lowest BCUT2D eigenvalue weighted by molar-refractivity contribution is 0.100. The minimum atomic E-state index is -0.370. The molecule has 4 rings (SSSR count). The molecule has 1 amide bonds. The molecule has 0 radical (unpaired) electrons. The van der Waals surface area contributed by atoms with Gasteiger partial charge in [0.15, 0.2) is 0 Å². The third-order valence-electron chi connectivity index (χ3n) is 5.41. The summed E-state index contributed by atoms with van der Waals surface area (Å²) in [5, 5.41) is 0. The smallest absolute Gasteiger partial charge is 0.250 e. The van der Waals surface area contributed by atoms with Gasteiger partial charge in [0.05, 0.1) is 16.9 Å². The molecule has 24 heavy (non-hydrogen) atoms. The number of carbonyl (C=O) groups excluding carboxylic acids is 1. The van der Waals surface area contributed by atoms with E-state index in [1.165, 1.54) is 25.7 Å². The number of primary amides is 1. The summed E-state index contributed by atoms with van der Waals surface area (Å²) in [4.78, 5) is 18.9. The number of anilines is 1. The van der Waals surface area contributed by atoms with Crippen LogP contribution in [0.15, 0.2) is 36.5 Å². The number of hydrogen-bond acceptors (Lipinski definition) is 3. The van der Waals surface area contributed by atoms with Crippen LogP contribution >= 0.6 is 22.6 Å². The Hall–Kier alpha value is -1.63. The molecule has 1 spiro atoms. The first-order valence-electron chi connectivity index (χ1n) is 8.38. The van der Waals surface area contributed by atoms with Crippen molar-refractivity contribution in [2.75, 3.05) is 18.0 Å². The Balaban J connectivity index is 1.83. The van der Waals surface area contributed by atoms with Crippen molar-refractivity contribution in [1.29, 1.82) is 0 Å². The quantitative estimate of drug-likeness (QED) is 0.749. The number of nitrogens with zero attached hydrogens (tertiary/aromatic N) is 2. The lowest BCUT2D eigenvalue weighted by Crippen LogP contribution is -2.36. The van der Waals surface area contributed by atoms with Crippen molar-refractivity contribution in [1.82, 2.24) is 4.98 Å². The standard InChI is InChI=1S/C19H20IN3O/c20-14-5-4-13(18(21)24)17(16(14)15-3-1-2-10-22-15)23-11-8-19(6-7-19)9-12-23/h1-5,10H,6-9,11-12H2,(H2,21,24). The molecular formula is C19H20IN3O. The predicted octanol–water partition coefficient (Wildman–Crippen LogP) is 3.83. The monoisotopic (exact) mass is 433 g/mol. The van der Waals surface area contributed by atoms with E-state index < -0.39 is 0 Å². The Morgan fingerprint density at radius 1 is 1.12 bits per heavy atom. The number of carbonyl (C=O) groups is 1. The molecule has 0 atom stereocenters. The van der Waals surface area contributed by atoms with Crippen molar-refractivity contribution in [3.8, 4) is 11.3 Å². The SMILES string of the molecule is NC(=O)c1ccc(I)c(-c2ccccn2)c1N1CCC2(CC1)CC2. The van der Waals surface area contributed by atoms with Crippen LogP contribution in [-0.4, -0.2) is 24.0 Å². The van der Waals surface area contributed by atoms with Gasteiger partial charge in [0, 0.05) is 28.4 Å². The molecule has 5 heteroatoms. The summed E-state index contributed by atoms with van der Waals surface area (Å²) in [5.74, 6) is -0.370. The molecule has 2 aromatic rings. The van der Waals surface area contributed by atoms with Crippen molar-refractivity contribution in [2.24, 2.45) is 11.1 Å². The van der Waals surface area contributed by atoms with Crippen molar-refractivity contribution in [2.45, 2.75) is 25.7 Å². The van der Waals surface area contributed by atoms with Gasteiger partial charge in [0.25, 0.3) is 5.91 Å². The fourth-order valence-corrected chi connectivity index (χ4v) is 4.44. The average Bonchev–Trinajstić information content (AvgIpc) is 3.35.